The fraction of sp³-hybridized carbons (Fsp3) is 0.308. The monoisotopic (exact) mass is 403 g/mol. The molecule has 0 atom stereocenters. The third-order valence-corrected chi connectivity index (χ3v) is 5.62. The van der Waals surface area contributed by atoms with Crippen molar-refractivity contribution in [3.8, 4) is 6.07 Å². The first-order chi connectivity index (χ1) is 9.10. The van der Waals surface area contributed by atoms with Gasteiger partial charge in [0.2, 0.25) is 0 Å². The zero-order valence-corrected chi connectivity index (χ0v) is 14.8. The fourth-order valence-electron chi connectivity index (χ4n) is 1.88. The van der Waals surface area contributed by atoms with Crippen molar-refractivity contribution in [3.63, 3.8) is 0 Å². The van der Waals surface area contributed by atoms with Gasteiger partial charge in [0.05, 0.1) is 5.52 Å². The van der Waals surface area contributed by atoms with E-state index < -0.39 is 0 Å². The van der Waals surface area contributed by atoms with Crippen molar-refractivity contribution in [2.45, 2.75) is 18.7 Å². The summed E-state index contributed by atoms with van der Waals surface area (Å²) in [5, 5.41) is 10.4. The van der Waals surface area contributed by atoms with Crippen LogP contribution in [0, 0.1) is 18.3 Å². The molecule has 0 saturated heterocycles. The van der Waals surface area contributed by atoms with E-state index in [-0.39, 0.29) is 0 Å². The van der Waals surface area contributed by atoms with Crippen LogP contribution in [0.2, 0.25) is 0 Å². The van der Waals surface area contributed by atoms with Gasteiger partial charge < -0.3 is 0 Å². The minimum absolute atomic E-state index is 0.695. The largest absolute Gasteiger partial charge is 0.264 e. The highest BCUT2D eigenvalue weighted by Crippen LogP contribution is 2.36. The van der Waals surface area contributed by atoms with Crippen LogP contribution in [-0.4, -0.2) is 21.9 Å². The van der Waals surface area contributed by atoms with Crippen LogP contribution in [0.15, 0.2) is 23.1 Å². The van der Waals surface area contributed by atoms with Gasteiger partial charge in [0.25, 0.3) is 0 Å². The molecular weight excluding hydrogens is 389 g/mol. The molecule has 0 saturated carbocycles. The molecule has 2 rings (SSSR count). The molecule has 0 aliphatic carbocycles. The zero-order valence-electron chi connectivity index (χ0n) is 11.0. The van der Waals surface area contributed by atoms with Gasteiger partial charge in [0, 0.05) is 47.2 Å². The number of rotatable bonds is 4. The third kappa shape index (κ3) is 3.05. The van der Waals surface area contributed by atoms with Crippen LogP contribution in [0.4, 0.5) is 0 Å². The summed E-state index contributed by atoms with van der Waals surface area (Å²) in [6.45, 7) is 5.20. The molecule has 0 aliphatic rings. The highest BCUT2D eigenvalue weighted by atomic mass is 127. The summed E-state index contributed by atoms with van der Waals surface area (Å²) < 4.78 is 4.19. The Bertz CT molecular complexity index is 645. The number of nitrogens with zero attached hydrogens (tertiary/aromatic N) is 3. The molecule has 0 fully saturated rings. The Balaban J connectivity index is 2.67. The van der Waals surface area contributed by atoms with E-state index in [1.54, 1.807) is 21.1 Å². The van der Waals surface area contributed by atoms with E-state index in [2.05, 4.69) is 64.6 Å². The third-order valence-electron chi connectivity index (χ3n) is 2.85. The Hall–Kier alpha value is -0.360. The Morgan fingerprint density at radius 3 is 2.74 bits per heavy atom. The standard InChI is InChI=1S/C13H14IN3S2/c1-4-16(3)18-12-6-9(2)5-10-7-11(8-15)17(19-14)13(10)12/h5-7H,4H2,1-3H3. The van der Waals surface area contributed by atoms with Crippen molar-refractivity contribution in [3.05, 3.63) is 29.5 Å². The highest BCUT2D eigenvalue weighted by molar-refractivity contribution is 14.2. The molecule has 0 N–H and O–H groups in total. The Kier molecular flexibility index (Phi) is 5.06. The van der Waals surface area contributed by atoms with Crippen molar-refractivity contribution in [1.82, 2.24) is 8.28 Å². The Morgan fingerprint density at radius 1 is 1.42 bits per heavy atom. The number of fused-ring (bicyclic) bond motifs is 1. The summed E-state index contributed by atoms with van der Waals surface area (Å²) in [7, 11) is 3.62. The van der Waals surface area contributed by atoms with Crippen LogP contribution in [0.1, 0.15) is 18.2 Å². The number of aryl methyl sites for hydroxylation is 1. The van der Waals surface area contributed by atoms with Gasteiger partial charge in [-0.1, -0.05) is 6.92 Å². The lowest BCUT2D eigenvalue weighted by Gasteiger charge is -2.15. The predicted octanol–water partition coefficient (Wildman–Crippen LogP) is 4.63. The van der Waals surface area contributed by atoms with Crippen LogP contribution < -0.4 is 0 Å². The van der Waals surface area contributed by atoms with Gasteiger partial charge in [-0.25, -0.2) is 4.31 Å². The summed E-state index contributed by atoms with van der Waals surface area (Å²) in [4.78, 5) is 1.20. The fourth-order valence-corrected chi connectivity index (χ4v) is 4.60. The lowest BCUT2D eigenvalue weighted by atomic mass is 10.2. The van der Waals surface area contributed by atoms with E-state index >= 15 is 0 Å². The SMILES string of the molecule is CCN(C)Sc1cc(C)cc2cc(C#N)n(SI)c12. The first-order valence-electron chi connectivity index (χ1n) is 5.85. The summed E-state index contributed by atoms with van der Waals surface area (Å²) >= 11 is 3.95. The molecule has 6 heteroatoms. The number of benzene rings is 1. The van der Waals surface area contributed by atoms with Gasteiger partial charge in [0.1, 0.15) is 11.8 Å². The highest BCUT2D eigenvalue weighted by Gasteiger charge is 2.14. The van der Waals surface area contributed by atoms with Gasteiger partial charge in [-0.3, -0.25) is 3.97 Å². The lowest BCUT2D eigenvalue weighted by molar-refractivity contribution is 0.602. The van der Waals surface area contributed by atoms with Gasteiger partial charge in [-0.05, 0) is 49.7 Å². The van der Waals surface area contributed by atoms with Crippen LogP contribution in [0.3, 0.4) is 0 Å². The van der Waals surface area contributed by atoms with Crippen molar-refractivity contribution in [2.24, 2.45) is 0 Å². The molecule has 2 aromatic rings. The summed E-state index contributed by atoms with van der Waals surface area (Å²) in [6, 6.07) is 8.55. The molecule has 3 nitrogen and oxygen atoms in total. The first-order valence-corrected chi connectivity index (χ1v) is 9.94. The van der Waals surface area contributed by atoms with E-state index in [1.807, 2.05) is 10.0 Å². The van der Waals surface area contributed by atoms with E-state index in [0.29, 0.717) is 5.69 Å². The summed E-state index contributed by atoms with van der Waals surface area (Å²) in [6.07, 6.45) is 0. The van der Waals surface area contributed by atoms with E-state index in [0.717, 1.165) is 17.4 Å². The molecule has 1 aromatic heterocycles. The van der Waals surface area contributed by atoms with Crippen LogP contribution >= 0.6 is 42.3 Å². The minimum Gasteiger partial charge on any atom is -0.264 e. The zero-order chi connectivity index (χ0) is 14.0. The Labute approximate surface area is 134 Å². The smallest absolute Gasteiger partial charge is 0.132 e. The molecule has 1 heterocycles. The topological polar surface area (TPSA) is 32.0 Å². The average Bonchev–Trinajstić information content (AvgIpc) is 2.75. The van der Waals surface area contributed by atoms with Crippen LogP contribution in [0.25, 0.3) is 10.9 Å². The molecule has 1 aromatic carbocycles. The van der Waals surface area contributed by atoms with Crippen molar-refractivity contribution in [2.75, 3.05) is 13.6 Å². The van der Waals surface area contributed by atoms with E-state index in [4.69, 9.17) is 0 Å². The van der Waals surface area contributed by atoms with Crippen LogP contribution in [0.5, 0.6) is 0 Å². The molecular formula is C13H14IN3S2. The molecule has 100 valence electrons. The minimum atomic E-state index is 0.695. The first kappa shape index (κ1) is 15.0. The maximum absolute atomic E-state index is 9.23. The molecule has 0 spiro atoms. The lowest BCUT2D eigenvalue weighted by Crippen LogP contribution is -2.07. The molecule has 0 unspecified atom stereocenters. The quantitative estimate of drug-likeness (QED) is 0.551. The van der Waals surface area contributed by atoms with Gasteiger partial charge >= 0.3 is 0 Å². The van der Waals surface area contributed by atoms with Crippen molar-refractivity contribution in [1.29, 1.82) is 5.26 Å². The second-order valence-electron chi connectivity index (χ2n) is 4.24. The molecule has 0 aliphatic heterocycles. The number of hydrogen-bond acceptors (Lipinski definition) is 4. The number of halogens is 1. The average molecular weight is 403 g/mol. The van der Waals surface area contributed by atoms with Gasteiger partial charge in [-0.15, -0.1) is 0 Å². The number of nitriles is 1. The predicted molar refractivity (Wildman–Crippen MR) is 92.6 cm³/mol. The van der Waals surface area contributed by atoms with E-state index in [1.165, 1.54) is 10.5 Å². The Morgan fingerprint density at radius 2 is 2.16 bits per heavy atom. The summed E-state index contributed by atoms with van der Waals surface area (Å²) in [5.41, 5.74) is 3.05. The second-order valence-corrected chi connectivity index (χ2v) is 7.17. The van der Waals surface area contributed by atoms with Gasteiger partial charge in [-0.2, -0.15) is 5.26 Å². The van der Waals surface area contributed by atoms with Gasteiger partial charge in [0.15, 0.2) is 0 Å². The van der Waals surface area contributed by atoms with Crippen molar-refractivity contribution >= 4 is 53.2 Å². The van der Waals surface area contributed by atoms with E-state index in [9.17, 15) is 5.26 Å². The second kappa shape index (κ2) is 6.39. The summed E-state index contributed by atoms with van der Waals surface area (Å²) in [5.74, 6) is 0. The maximum Gasteiger partial charge on any atom is 0.132 e. The molecule has 19 heavy (non-hydrogen) atoms. The number of hydrogen-bond donors (Lipinski definition) is 0. The number of aromatic nitrogens is 1. The van der Waals surface area contributed by atoms with Crippen molar-refractivity contribution < 1.29 is 0 Å². The van der Waals surface area contributed by atoms with Crippen LogP contribution in [-0.2, 0) is 0 Å². The molecule has 0 amide bonds. The normalized spacial score (nSPS) is 11.2. The molecule has 0 radical (unpaired) electrons. The molecule has 0 bridgehead atoms. The maximum atomic E-state index is 9.23.